The Labute approximate surface area is 122 Å². The molecule has 1 aliphatic rings. The maximum atomic E-state index is 12.4. The second-order valence-corrected chi connectivity index (χ2v) is 6.85. The Balaban J connectivity index is 2.52. The number of ether oxygens (including phenoxy) is 1. The molecule has 2 atom stereocenters. The summed E-state index contributed by atoms with van der Waals surface area (Å²) in [5.74, 6) is 0. The van der Waals surface area contributed by atoms with Crippen LogP contribution in [0.3, 0.4) is 0 Å². The van der Waals surface area contributed by atoms with Crippen molar-refractivity contribution in [3.05, 3.63) is 0 Å². The van der Waals surface area contributed by atoms with Crippen LogP contribution in [0.2, 0.25) is 0 Å². The highest BCUT2D eigenvalue weighted by Gasteiger charge is 2.26. The molecule has 0 spiro atoms. The summed E-state index contributed by atoms with van der Waals surface area (Å²) in [7, 11) is 0. The Morgan fingerprint density at radius 2 is 2.20 bits per heavy atom. The monoisotopic (exact) mass is 286 g/mol. The topological polar surface area (TPSA) is 61.8 Å². The molecule has 1 heterocycles. The number of rotatable bonds is 6. The van der Waals surface area contributed by atoms with Crippen molar-refractivity contribution in [3.63, 3.8) is 0 Å². The van der Waals surface area contributed by atoms with E-state index < -0.39 is 0 Å². The zero-order chi connectivity index (χ0) is 15.2. The largest absolute Gasteiger partial charge is 0.396 e. The minimum Gasteiger partial charge on any atom is -0.396 e. The second-order valence-electron chi connectivity index (χ2n) is 6.85. The first-order valence-corrected chi connectivity index (χ1v) is 7.61. The Morgan fingerprint density at radius 3 is 2.70 bits per heavy atom. The lowest BCUT2D eigenvalue weighted by Gasteiger charge is -2.32. The molecule has 1 fully saturated rings. The first-order valence-electron chi connectivity index (χ1n) is 7.61. The number of hydrogen-bond donors (Lipinski definition) is 2. The molecule has 0 saturated carbocycles. The van der Waals surface area contributed by atoms with Crippen molar-refractivity contribution in [3.8, 4) is 0 Å². The van der Waals surface area contributed by atoms with E-state index in [0.29, 0.717) is 19.5 Å². The highest BCUT2D eigenvalue weighted by molar-refractivity contribution is 5.74. The summed E-state index contributed by atoms with van der Waals surface area (Å²) >= 11 is 0. The van der Waals surface area contributed by atoms with Crippen LogP contribution in [0, 0.1) is 5.41 Å². The minimum atomic E-state index is -0.0589. The van der Waals surface area contributed by atoms with Crippen molar-refractivity contribution >= 4 is 6.03 Å². The fraction of sp³-hybridized carbons (Fsp3) is 0.933. The van der Waals surface area contributed by atoms with E-state index in [2.05, 4.69) is 26.1 Å². The predicted octanol–water partition coefficient (Wildman–Crippen LogP) is 1.99. The highest BCUT2D eigenvalue weighted by Crippen LogP contribution is 2.18. The van der Waals surface area contributed by atoms with Gasteiger partial charge in [-0.1, -0.05) is 20.8 Å². The lowest BCUT2D eigenvalue weighted by Crippen LogP contribution is -2.50. The van der Waals surface area contributed by atoms with Crippen molar-refractivity contribution in [1.29, 1.82) is 0 Å². The van der Waals surface area contributed by atoms with Crippen LogP contribution in [0.25, 0.3) is 0 Å². The highest BCUT2D eigenvalue weighted by atomic mass is 16.5. The number of nitrogens with one attached hydrogen (secondary N) is 1. The molecule has 0 aliphatic carbocycles. The fourth-order valence-electron chi connectivity index (χ4n) is 2.46. The van der Waals surface area contributed by atoms with E-state index in [4.69, 9.17) is 9.84 Å². The maximum Gasteiger partial charge on any atom is 0.317 e. The number of hydrogen-bond acceptors (Lipinski definition) is 3. The van der Waals surface area contributed by atoms with E-state index in [9.17, 15) is 4.79 Å². The van der Waals surface area contributed by atoms with Gasteiger partial charge in [0.05, 0.1) is 12.1 Å². The minimum absolute atomic E-state index is 0.0293. The summed E-state index contributed by atoms with van der Waals surface area (Å²) in [5, 5.41) is 12.0. The Bertz CT molecular complexity index is 296. The third kappa shape index (κ3) is 6.09. The van der Waals surface area contributed by atoms with Crippen LogP contribution in [0.5, 0.6) is 0 Å². The zero-order valence-corrected chi connectivity index (χ0v) is 13.3. The lowest BCUT2D eigenvalue weighted by molar-refractivity contribution is 0.0817. The van der Waals surface area contributed by atoms with E-state index in [1.165, 1.54) is 0 Å². The molecule has 0 aromatic rings. The van der Waals surface area contributed by atoms with Crippen molar-refractivity contribution in [2.45, 2.75) is 59.1 Å². The number of aliphatic hydroxyl groups excluding tert-OH is 1. The average Bonchev–Trinajstić information content (AvgIpc) is 2.86. The van der Waals surface area contributed by atoms with Gasteiger partial charge in [-0.15, -0.1) is 0 Å². The van der Waals surface area contributed by atoms with E-state index in [0.717, 1.165) is 19.4 Å². The smallest absolute Gasteiger partial charge is 0.317 e. The normalized spacial score (nSPS) is 20.8. The molecule has 0 radical (unpaired) electrons. The van der Waals surface area contributed by atoms with Crippen LogP contribution in [0.4, 0.5) is 4.79 Å². The van der Waals surface area contributed by atoms with E-state index in [-0.39, 0.29) is 30.2 Å². The van der Waals surface area contributed by atoms with Gasteiger partial charge in [0, 0.05) is 26.3 Å². The van der Waals surface area contributed by atoms with Gasteiger partial charge in [-0.05, 0) is 31.6 Å². The molecule has 0 aromatic carbocycles. The molecule has 5 nitrogen and oxygen atoms in total. The van der Waals surface area contributed by atoms with E-state index in [1.807, 2.05) is 6.92 Å². The van der Waals surface area contributed by atoms with Gasteiger partial charge in [-0.25, -0.2) is 4.79 Å². The van der Waals surface area contributed by atoms with Crippen LogP contribution in [-0.4, -0.2) is 54.5 Å². The molecule has 2 N–H and O–H groups in total. The zero-order valence-electron chi connectivity index (χ0n) is 13.3. The van der Waals surface area contributed by atoms with Gasteiger partial charge < -0.3 is 20.1 Å². The summed E-state index contributed by atoms with van der Waals surface area (Å²) in [5.41, 5.74) is 0.0416. The maximum absolute atomic E-state index is 12.4. The van der Waals surface area contributed by atoms with Crippen LogP contribution in [-0.2, 0) is 4.74 Å². The number of aliphatic hydroxyl groups is 1. The third-order valence-corrected chi connectivity index (χ3v) is 3.41. The molecule has 1 saturated heterocycles. The quantitative estimate of drug-likeness (QED) is 0.785. The van der Waals surface area contributed by atoms with E-state index in [1.54, 1.807) is 4.90 Å². The molecule has 2 unspecified atom stereocenters. The Kier molecular flexibility index (Phi) is 6.76. The second kappa shape index (κ2) is 7.84. The molecular formula is C15H30N2O3. The molecule has 1 rings (SSSR count). The standard InChI is InChI=1S/C15H30N2O3/c1-12(13-7-5-10-20-13)16-14(19)17(8-6-9-18)11-15(2,3)4/h12-13,18H,5-11H2,1-4H3,(H,16,19). The first kappa shape index (κ1) is 17.2. The predicted molar refractivity (Wildman–Crippen MR) is 79.7 cm³/mol. The lowest BCUT2D eigenvalue weighted by atomic mass is 9.96. The van der Waals surface area contributed by atoms with E-state index >= 15 is 0 Å². The Hall–Kier alpha value is -0.810. The van der Waals surface area contributed by atoms with Gasteiger partial charge >= 0.3 is 6.03 Å². The van der Waals surface area contributed by atoms with Crippen molar-refractivity contribution in [1.82, 2.24) is 10.2 Å². The van der Waals surface area contributed by atoms with Crippen LogP contribution in [0.1, 0.15) is 47.0 Å². The molecular weight excluding hydrogens is 256 g/mol. The summed E-state index contributed by atoms with van der Waals surface area (Å²) in [4.78, 5) is 14.2. The molecule has 2 amide bonds. The molecule has 5 heteroatoms. The average molecular weight is 286 g/mol. The summed E-state index contributed by atoms with van der Waals surface area (Å²) < 4.78 is 5.60. The number of nitrogens with zero attached hydrogens (tertiary/aromatic N) is 1. The van der Waals surface area contributed by atoms with Gasteiger partial charge in [-0.2, -0.15) is 0 Å². The van der Waals surface area contributed by atoms with Gasteiger partial charge in [0.2, 0.25) is 0 Å². The van der Waals surface area contributed by atoms with Gasteiger partial charge in [0.25, 0.3) is 0 Å². The fourth-order valence-corrected chi connectivity index (χ4v) is 2.46. The number of urea groups is 1. The molecule has 20 heavy (non-hydrogen) atoms. The first-order chi connectivity index (χ1) is 9.33. The molecule has 0 aromatic heterocycles. The van der Waals surface area contributed by atoms with Gasteiger partial charge in [0.1, 0.15) is 0 Å². The molecule has 0 bridgehead atoms. The van der Waals surface area contributed by atoms with Gasteiger partial charge in [0.15, 0.2) is 0 Å². The SMILES string of the molecule is CC(NC(=O)N(CCCO)CC(C)(C)C)C1CCCO1. The Morgan fingerprint density at radius 1 is 1.50 bits per heavy atom. The van der Waals surface area contributed by atoms with Crippen LogP contribution < -0.4 is 5.32 Å². The van der Waals surface area contributed by atoms with Crippen molar-refractivity contribution in [2.24, 2.45) is 5.41 Å². The number of carbonyl (C=O) groups is 1. The van der Waals surface area contributed by atoms with Crippen LogP contribution >= 0.6 is 0 Å². The summed E-state index contributed by atoms with van der Waals surface area (Å²) in [6.45, 7) is 10.5. The number of amides is 2. The van der Waals surface area contributed by atoms with Crippen molar-refractivity contribution < 1.29 is 14.6 Å². The summed E-state index contributed by atoms with van der Waals surface area (Å²) in [6.07, 6.45) is 2.82. The molecule has 1 aliphatic heterocycles. The third-order valence-electron chi connectivity index (χ3n) is 3.41. The molecule has 118 valence electrons. The summed E-state index contributed by atoms with van der Waals surface area (Å²) in [6, 6.07) is -0.0297. The van der Waals surface area contributed by atoms with Crippen molar-refractivity contribution in [2.75, 3.05) is 26.3 Å². The van der Waals surface area contributed by atoms with Gasteiger partial charge in [-0.3, -0.25) is 0 Å². The van der Waals surface area contributed by atoms with Crippen LogP contribution in [0.15, 0.2) is 0 Å². The number of carbonyl (C=O) groups excluding carboxylic acids is 1.